The number of nitrogens with zero attached hydrogens (tertiary/aromatic N) is 6. The standard InChI is InChI=1S/C22H26N6O/c1-17-11-18(5-6-23-17)19-13-25-28(15-19)16-22(29)12-20-3-4-21(14-24-20)27-9-7-26(2)8-10-27/h3-6,11,13-15H,7-10,12,16H2,1-2H3. The summed E-state index contributed by atoms with van der Waals surface area (Å²) >= 11 is 0. The summed E-state index contributed by atoms with van der Waals surface area (Å²) in [7, 11) is 2.14. The Morgan fingerprint density at radius 1 is 1.03 bits per heavy atom. The van der Waals surface area contributed by atoms with Crippen LogP contribution in [0.1, 0.15) is 11.4 Å². The van der Waals surface area contributed by atoms with Crippen LogP contribution in [0.2, 0.25) is 0 Å². The maximum atomic E-state index is 12.5. The summed E-state index contributed by atoms with van der Waals surface area (Å²) in [5.74, 6) is 0.0883. The first-order valence-corrected chi connectivity index (χ1v) is 9.92. The molecule has 7 heteroatoms. The number of pyridine rings is 2. The number of aromatic nitrogens is 4. The van der Waals surface area contributed by atoms with Crippen molar-refractivity contribution in [2.24, 2.45) is 0 Å². The van der Waals surface area contributed by atoms with Crippen LogP contribution in [0.5, 0.6) is 0 Å². The molecule has 0 unspecified atom stereocenters. The number of aryl methyl sites for hydroxylation is 1. The number of carbonyl (C=O) groups excluding carboxylic acids is 1. The van der Waals surface area contributed by atoms with Crippen molar-refractivity contribution >= 4 is 11.5 Å². The molecule has 0 saturated carbocycles. The lowest BCUT2D eigenvalue weighted by Gasteiger charge is -2.33. The van der Waals surface area contributed by atoms with E-state index in [4.69, 9.17) is 0 Å². The topological polar surface area (TPSA) is 67.2 Å². The van der Waals surface area contributed by atoms with E-state index in [0.717, 1.165) is 54.4 Å². The number of piperazine rings is 1. The van der Waals surface area contributed by atoms with E-state index in [0.29, 0.717) is 6.42 Å². The predicted octanol–water partition coefficient (Wildman–Crippen LogP) is 2.21. The summed E-state index contributed by atoms with van der Waals surface area (Å²) in [5, 5.41) is 4.33. The third-order valence-electron chi connectivity index (χ3n) is 5.26. The highest BCUT2D eigenvalue weighted by Gasteiger charge is 2.15. The van der Waals surface area contributed by atoms with E-state index in [1.807, 2.05) is 37.5 Å². The molecule has 0 atom stereocenters. The lowest BCUT2D eigenvalue weighted by Crippen LogP contribution is -2.44. The Bertz CT molecular complexity index is 973. The predicted molar refractivity (Wildman–Crippen MR) is 113 cm³/mol. The molecule has 0 aromatic carbocycles. The van der Waals surface area contributed by atoms with E-state index >= 15 is 0 Å². The van der Waals surface area contributed by atoms with Gasteiger partial charge in [0.15, 0.2) is 5.78 Å². The molecule has 4 rings (SSSR count). The fourth-order valence-corrected chi connectivity index (χ4v) is 3.54. The zero-order valence-electron chi connectivity index (χ0n) is 17.0. The van der Waals surface area contributed by atoms with Gasteiger partial charge in [-0.25, -0.2) is 0 Å². The molecule has 0 bridgehead atoms. The van der Waals surface area contributed by atoms with Crippen molar-refractivity contribution in [2.75, 3.05) is 38.1 Å². The molecule has 1 aliphatic heterocycles. The summed E-state index contributed by atoms with van der Waals surface area (Å²) in [6, 6.07) is 7.98. The molecule has 0 aliphatic carbocycles. The van der Waals surface area contributed by atoms with Crippen LogP contribution in [0.15, 0.2) is 49.1 Å². The number of hydrogen-bond donors (Lipinski definition) is 0. The van der Waals surface area contributed by atoms with Gasteiger partial charge < -0.3 is 9.80 Å². The molecule has 3 aromatic rings. The summed E-state index contributed by atoms with van der Waals surface area (Å²) < 4.78 is 1.69. The lowest BCUT2D eigenvalue weighted by atomic mass is 10.1. The van der Waals surface area contributed by atoms with Gasteiger partial charge in [0.25, 0.3) is 0 Å². The van der Waals surface area contributed by atoms with Crippen molar-refractivity contribution in [3.63, 3.8) is 0 Å². The van der Waals surface area contributed by atoms with Crippen LogP contribution >= 0.6 is 0 Å². The van der Waals surface area contributed by atoms with Crippen LogP contribution in [0, 0.1) is 6.92 Å². The summed E-state index contributed by atoms with van der Waals surface area (Å²) in [4.78, 5) is 25.9. The molecule has 1 aliphatic rings. The highest BCUT2D eigenvalue weighted by Crippen LogP contribution is 2.19. The Labute approximate surface area is 171 Å². The maximum absolute atomic E-state index is 12.5. The molecule has 150 valence electrons. The van der Waals surface area contributed by atoms with Crippen molar-refractivity contribution < 1.29 is 4.79 Å². The van der Waals surface area contributed by atoms with Gasteiger partial charge in [0, 0.05) is 55.5 Å². The van der Waals surface area contributed by atoms with E-state index in [-0.39, 0.29) is 12.3 Å². The molecule has 0 spiro atoms. The Hall–Kier alpha value is -3.06. The molecule has 0 amide bonds. The minimum absolute atomic E-state index is 0.0883. The Kier molecular flexibility index (Phi) is 5.67. The van der Waals surface area contributed by atoms with Crippen LogP contribution in [0.3, 0.4) is 0 Å². The highest BCUT2D eigenvalue weighted by molar-refractivity contribution is 5.80. The third kappa shape index (κ3) is 4.86. The number of anilines is 1. The second-order valence-corrected chi connectivity index (χ2v) is 7.63. The van der Waals surface area contributed by atoms with Crippen LogP contribution < -0.4 is 4.90 Å². The average molecular weight is 390 g/mol. The fraction of sp³-hybridized carbons (Fsp3) is 0.364. The number of ketones is 1. The monoisotopic (exact) mass is 390 g/mol. The van der Waals surface area contributed by atoms with Gasteiger partial charge in [-0.15, -0.1) is 0 Å². The number of likely N-dealkylation sites (N-methyl/N-ethyl adjacent to an activating group) is 1. The number of hydrogen-bond acceptors (Lipinski definition) is 6. The van der Waals surface area contributed by atoms with E-state index in [2.05, 4.69) is 38.0 Å². The Morgan fingerprint density at radius 2 is 1.86 bits per heavy atom. The zero-order valence-corrected chi connectivity index (χ0v) is 17.0. The van der Waals surface area contributed by atoms with Gasteiger partial charge in [0.2, 0.25) is 0 Å². The van der Waals surface area contributed by atoms with E-state index < -0.39 is 0 Å². The van der Waals surface area contributed by atoms with Crippen molar-refractivity contribution in [2.45, 2.75) is 19.9 Å². The van der Waals surface area contributed by atoms with Gasteiger partial charge in [-0.1, -0.05) is 0 Å². The minimum Gasteiger partial charge on any atom is -0.368 e. The van der Waals surface area contributed by atoms with Crippen LogP contribution in [0.4, 0.5) is 5.69 Å². The largest absolute Gasteiger partial charge is 0.368 e. The van der Waals surface area contributed by atoms with Crippen molar-refractivity contribution in [3.05, 3.63) is 60.4 Å². The lowest BCUT2D eigenvalue weighted by molar-refractivity contribution is -0.119. The maximum Gasteiger partial charge on any atom is 0.160 e. The molecule has 1 saturated heterocycles. The first kappa shape index (κ1) is 19.3. The zero-order chi connectivity index (χ0) is 20.2. The first-order chi connectivity index (χ1) is 14.1. The third-order valence-corrected chi connectivity index (χ3v) is 5.26. The molecule has 7 nitrogen and oxygen atoms in total. The molecular formula is C22H26N6O. The molecule has 1 fully saturated rings. The second kappa shape index (κ2) is 8.53. The van der Waals surface area contributed by atoms with E-state index in [1.165, 1.54) is 0 Å². The van der Waals surface area contributed by atoms with Gasteiger partial charge >= 0.3 is 0 Å². The van der Waals surface area contributed by atoms with Crippen LogP contribution in [-0.2, 0) is 17.8 Å². The second-order valence-electron chi connectivity index (χ2n) is 7.63. The van der Waals surface area contributed by atoms with Crippen LogP contribution in [-0.4, -0.2) is 63.7 Å². The van der Waals surface area contributed by atoms with Gasteiger partial charge in [0.05, 0.1) is 31.0 Å². The van der Waals surface area contributed by atoms with Gasteiger partial charge in [-0.05, 0) is 43.8 Å². The number of carbonyl (C=O) groups is 1. The normalized spacial score (nSPS) is 14.9. The van der Waals surface area contributed by atoms with Crippen molar-refractivity contribution in [1.29, 1.82) is 0 Å². The van der Waals surface area contributed by atoms with E-state index in [1.54, 1.807) is 17.1 Å². The number of rotatable bonds is 6. The average Bonchev–Trinajstić information content (AvgIpc) is 3.18. The minimum atomic E-state index is 0.0883. The molecular weight excluding hydrogens is 364 g/mol. The smallest absolute Gasteiger partial charge is 0.160 e. The first-order valence-electron chi connectivity index (χ1n) is 9.92. The fourth-order valence-electron chi connectivity index (χ4n) is 3.54. The van der Waals surface area contributed by atoms with E-state index in [9.17, 15) is 4.79 Å². The van der Waals surface area contributed by atoms with Crippen molar-refractivity contribution in [1.82, 2.24) is 24.6 Å². The highest BCUT2D eigenvalue weighted by atomic mass is 16.1. The van der Waals surface area contributed by atoms with Crippen LogP contribution in [0.25, 0.3) is 11.1 Å². The quantitative estimate of drug-likeness (QED) is 0.643. The molecule has 29 heavy (non-hydrogen) atoms. The molecule has 0 N–H and O–H groups in total. The summed E-state index contributed by atoms with van der Waals surface area (Å²) in [6.07, 6.45) is 7.66. The van der Waals surface area contributed by atoms with Gasteiger partial charge in [-0.3, -0.25) is 19.4 Å². The SMILES string of the molecule is Cc1cc(-c2cnn(CC(=O)Cc3ccc(N4CCN(C)CC4)cn3)c2)ccn1. The number of Topliss-reactive ketones (excluding diaryl/α,β-unsaturated/α-hetero) is 1. The molecule has 4 heterocycles. The molecule has 3 aromatic heterocycles. The summed E-state index contributed by atoms with van der Waals surface area (Å²) in [6.45, 7) is 6.34. The van der Waals surface area contributed by atoms with Gasteiger partial charge in [0.1, 0.15) is 0 Å². The molecule has 0 radical (unpaired) electrons. The summed E-state index contributed by atoms with van der Waals surface area (Å²) in [5.41, 5.74) is 4.91. The Morgan fingerprint density at radius 3 is 2.59 bits per heavy atom. The van der Waals surface area contributed by atoms with Crippen molar-refractivity contribution in [3.8, 4) is 11.1 Å². The Balaban J connectivity index is 1.34. The van der Waals surface area contributed by atoms with Gasteiger partial charge in [-0.2, -0.15) is 5.10 Å².